The third-order valence-corrected chi connectivity index (χ3v) is 5.92. The van der Waals surface area contributed by atoms with E-state index in [4.69, 9.17) is 14.3 Å². The molecule has 0 unspecified atom stereocenters. The second-order valence-corrected chi connectivity index (χ2v) is 8.23. The van der Waals surface area contributed by atoms with Crippen LogP contribution < -0.4 is 10.2 Å². The second-order valence-electron chi connectivity index (χ2n) is 8.23. The zero-order valence-corrected chi connectivity index (χ0v) is 20.3. The predicted octanol–water partition coefficient (Wildman–Crippen LogP) is 2.55. The van der Waals surface area contributed by atoms with Crippen molar-refractivity contribution in [3.8, 4) is 5.75 Å². The highest BCUT2D eigenvalue weighted by atomic mass is 16.7. The van der Waals surface area contributed by atoms with Gasteiger partial charge >= 0.3 is 0 Å². The molecule has 1 aliphatic heterocycles. The van der Waals surface area contributed by atoms with E-state index in [9.17, 15) is 14.4 Å². The highest BCUT2D eigenvalue weighted by Gasteiger charge is 2.36. The fraction of sp³-hybridized carbons (Fsp3) is 0.480. The maximum Gasteiger partial charge on any atom is 0.282 e. The number of hydrogen-bond acceptors (Lipinski definition) is 6. The number of ether oxygens (including phenoxy) is 2. The minimum atomic E-state index is -0.614. The minimum absolute atomic E-state index is 0.0889. The van der Waals surface area contributed by atoms with E-state index in [1.165, 1.54) is 20.4 Å². The van der Waals surface area contributed by atoms with E-state index in [-0.39, 0.29) is 35.6 Å². The van der Waals surface area contributed by atoms with Gasteiger partial charge < -0.3 is 18.9 Å². The second kappa shape index (κ2) is 11.8. The minimum Gasteiger partial charge on any atom is -0.487 e. The van der Waals surface area contributed by atoms with Crippen molar-refractivity contribution in [3.63, 3.8) is 0 Å². The number of hydrogen-bond donors (Lipinski definition) is 0. The lowest BCUT2D eigenvalue weighted by molar-refractivity contribution is -0.0758. The van der Waals surface area contributed by atoms with Crippen LogP contribution in [0.5, 0.6) is 5.75 Å². The van der Waals surface area contributed by atoms with Gasteiger partial charge in [0.2, 0.25) is 5.43 Å². The van der Waals surface area contributed by atoms with Gasteiger partial charge in [0.05, 0.1) is 26.4 Å². The van der Waals surface area contributed by atoms with E-state index in [1.807, 2.05) is 37.3 Å². The number of carbonyl (C=O) groups is 2. The molecule has 1 aliphatic rings. The Morgan fingerprint density at radius 2 is 1.88 bits per heavy atom. The van der Waals surface area contributed by atoms with Gasteiger partial charge in [0.15, 0.2) is 11.4 Å². The number of nitrogens with zero attached hydrogens (tertiary/aromatic N) is 3. The summed E-state index contributed by atoms with van der Waals surface area (Å²) < 4.78 is 12.8. The lowest BCUT2D eigenvalue weighted by atomic mass is 10.0. The summed E-state index contributed by atoms with van der Waals surface area (Å²) in [6, 6.07) is 9.68. The van der Waals surface area contributed by atoms with Crippen molar-refractivity contribution < 1.29 is 23.9 Å². The first-order valence-corrected chi connectivity index (χ1v) is 11.5. The SMILES string of the molecule is CCCCOc1c2n(cc(C(=O)N(C)OC)c1=O)[C@@H](Cc1ccccc1)CN(CCOC)C2=O. The Labute approximate surface area is 199 Å². The Balaban J connectivity index is 2.17. The van der Waals surface area contributed by atoms with Crippen LogP contribution in [0.15, 0.2) is 41.3 Å². The summed E-state index contributed by atoms with van der Waals surface area (Å²) in [6.07, 6.45) is 3.65. The molecule has 0 spiro atoms. The zero-order valence-electron chi connectivity index (χ0n) is 20.3. The molecule has 9 heteroatoms. The van der Waals surface area contributed by atoms with Gasteiger partial charge in [-0.15, -0.1) is 0 Å². The van der Waals surface area contributed by atoms with Gasteiger partial charge in [0, 0.05) is 33.4 Å². The standard InChI is InChI=1S/C25H33N3O6/c1-5-6-13-34-23-21-25(31)27(12-14-32-3)16-19(15-18-10-8-7-9-11-18)28(21)17-20(22(23)29)24(30)26(2)33-4/h7-11,17,19H,5-6,12-16H2,1-4H3/t19-/m0/s1. The van der Waals surface area contributed by atoms with Crippen molar-refractivity contribution in [2.45, 2.75) is 32.2 Å². The molecule has 0 saturated carbocycles. The van der Waals surface area contributed by atoms with Crippen molar-refractivity contribution in [3.05, 3.63) is 63.6 Å². The molecule has 2 heterocycles. The van der Waals surface area contributed by atoms with Crippen LogP contribution in [0.25, 0.3) is 0 Å². The third kappa shape index (κ3) is 5.48. The predicted molar refractivity (Wildman–Crippen MR) is 127 cm³/mol. The molecule has 2 aromatic rings. The molecule has 0 aliphatic carbocycles. The molecule has 3 rings (SSSR count). The van der Waals surface area contributed by atoms with Crippen LogP contribution in [-0.2, 0) is 16.0 Å². The molecule has 0 radical (unpaired) electrons. The first-order chi connectivity index (χ1) is 16.4. The lowest BCUT2D eigenvalue weighted by Crippen LogP contribution is -2.47. The fourth-order valence-electron chi connectivity index (χ4n) is 3.98. The maximum absolute atomic E-state index is 13.5. The Hall–Kier alpha value is -3.17. The number of pyridine rings is 1. The molecule has 9 nitrogen and oxygen atoms in total. The van der Waals surface area contributed by atoms with Crippen molar-refractivity contribution in [2.24, 2.45) is 0 Å². The van der Waals surface area contributed by atoms with E-state index in [1.54, 1.807) is 16.6 Å². The fourth-order valence-corrected chi connectivity index (χ4v) is 3.98. The van der Waals surface area contributed by atoms with Crippen LogP contribution >= 0.6 is 0 Å². The molecule has 0 bridgehead atoms. The maximum atomic E-state index is 13.5. The van der Waals surface area contributed by atoms with Gasteiger partial charge in [-0.2, -0.15) is 0 Å². The van der Waals surface area contributed by atoms with E-state index >= 15 is 0 Å². The van der Waals surface area contributed by atoms with E-state index in [0.717, 1.165) is 17.0 Å². The molecular formula is C25H33N3O6. The summed E-state index contributed by atoms with van der Waals surface area (Å²) in [5, 5.41) is 0.987. The number of benzene rings is 1. The number of carbonyl (C=O) groups excluding carboxylic acids is 2. The monoisotopic (exact) mass is 471 g/mol. The van der Waals surface area contributed by atoms with Crippen LogP contribution in [0.4, 0.5) is 0 Å². The van der Waals surface area contributed by atoms with Crippen LogP contribution in [0, 0.1) is 0 Å². The summed E-state index contributed by atoms with van der Waals surface area (Å²) in [4.78, 5) is 46.5. The number of fused-ring (bicyclic) bond motifs is 1. The number of rotatable bonds is 11. The Morgan fingerprint density at radius 3 is 2.53 bits per heavy atom. The smallest absolute Gasteiger partial charge is 0.282 e. The molecular weight excluding hydrogens is 438 g/mol. The van der Waals surface area contributed by atoms with Crippen LogP contribution in [0.1, 0.15) is 52.2 Å². The Morgan fingerprint density at radius 1 is 1.15 bits per heavy atom. The van der Waals surface area contributed by atoms with E-state index in [2.05, 4.69) is 0 Å². The summed E-state index contributed by atoms with van der Waals surface area (Å²) >= 11 is 0. The van der Waals surface area contributed by atoms with E-state index in [0.29, 0.717) is 32.5 Å². The normalized spacial score (nSPS) is 15.2. The summed E-state index contributed by atoms with van der Waals surface area (Å²) in [7, 11) is 4.36. The third-order valence-electron chi connectivity index (χ3n) is 5.92. The molecule has 184 valence electrons. The first-order valence-electron chi connectivity index (χ1n) is 11.5. The highest BCUT2D eigenvalue weighted by Crippen LogP contribution is 2.30. The molecule has 0 N–H and O–H groups in total. The Bertz CT molecular complexity index is 1050. The van der Waals surface area contributed by atoms with Gasteiger partial charge in [-0.3, -0.25) is 19.2 Å². The number of hydroxylamine groups is 2. The number of aromatic nitrogens is 1. The van der Waals surface area contributed by atoms with Gasteiger partial charge in [-0.25, -0.2) is 5.06 Å². The largest absolute Gasteiger partial charge is 0.487 e. The quantitative estimate of drug-likeness (QED) is 0.370. The Kier molecular flexibility index (Phi) is 8.84. The first kappa shape index (κ1) is 25.5. The zero-order chi connectivity index (χ0) is 24.7. The molecule has 0 saturated heterocycles. The highest BCUT2D eigenvalue weighted by molar-refractivity contribution is 5.99. The summed E-state index contributed by atoms with van der Waals surface area (Å²) in [5.41, 5.74) is 0.530. The van der Waals surface area contributed by atoms with Gasteiger partial charge in [-0.05, 0) is 18.4 Å². The van der Waals surface area contributed by atoms with Crippen molar-refractivity contribution >= 4 is 11.8 Å². The molecule has 1 aromatic carbocycles. The average Bonchev–Trinajstić information content (AvgIpc) is 2.85. The molecule has 2 amide bonds. The van der Waals surface area contributed by atoms with Gasteiger partial charge in [-0.1, -0.05) is 43.7 Å². The van der Waals surface area contributed by atoms with Gasteiger partial charge in [0.1, 0.15) is 5.56 Å². The average molecular weight is 472 g/mol. The van der Waals surface area contributed by atoms with Crippen molar-refractivity contribution in [1.82, 2.24) is 14.5 Å². The number of unbranched alkanes of at least 4 members (excludes halogenated alkanes) is 1. The lowest BCUT2D eigenvalue weighted by Gasteiger charge is -2.37. The topological polar surface area (TPSA) is 90.3 Å². The molecule has 1 atom stereocenters. The number of amides is 2. The molecule has 1 aromatic heterocycles. The molecule has 0 fully saturated rings. The molecule has 34 heavy (non-hydrogen) atoms. The van der Waals surface area contributed by atoms with Gasteiger partial charge in [0.25, 0.3) is 11.8 Å². The number of methoxy groups -OCH3 is 1. The summed E-state index contributed by atoms with van der Waals surface area (Å²) in [5.74, 6) is -1.01. The van der Waals surface area contributed by atoms with Crippen LogP contribution in [-0.4, -0.2) is 73.9 Å². The van der Waals surface area contributed by atoms with E-state index < -0.39 is 11.3 Å². The van der Waals surface area contributed by atoms with Crippen molar-refractivity contribution in [2.75, 3.05) is 47.6 Å². The summed E-state index contributed by atoms with van der Waals surface area (Å²) in [6.45, 7) is 3.44. The van der Waals surface area contributed by atoms with Crippen LogP contribution in [0.2, 0.25) is 0 Å². The van der Waals surface area contributed by atoms with Crippen molar-refractivity contribution in [1.29, 1.82) is 0 Å². The van der Waals surface area contributed by atoms with Crippen LogP contribution in [0.3, 0.4) is 0 Å².